The molecule has 28 heavy (non-hydrogen) atoms. The van der Waals surface area contributed by atoms with Gasteiger partial charge in [0.1, 0.15) is 17.5 Å². The number of aromatic nitrogens is 3. The summed E-state index contributed by atoms with van der Waals surface area (Å²) in [6.45, 7) is 1.83. The predicted molar refractivity (Wildman–Crippen MR) is 110 cm³/mol. The van der Waals surface area contributed by atoms with Crippen LogP contribution >= 0.6 is 12.2 Å². The number of aromatic amines is 1. The molecule has 0 spiro atoms. The van der Waals surface area contributed by atoms with Gasteiger partial charge in [0.2, 0.25) is 4.77 Å². The maximum atomic E-state index is 5.64. The molecule has 0 amide bonds. The normalized spacial score (nSPS) is 18.9. The Morgan fingerprint density at radius 3 is 2.75 bits per heavy atom. The summed E-state index contributed by atoms with van der Waals surface area (Å²) in [6, 6.07) is 16.5. The number of quaternary nitrogens is 1. The van der Waals surface area contributed by atoms with E-state index >= 15 is 0 Å². The first kappa shape index (κ1) is 18.7. The van der Waals surface area contributed by atoms with Gasteiger partial charge in [0, 0.05) is 24.5 Å². The lowest BCUT2D eigenvalue weighted by Crippen LogP contribution is -3.09. The van der Waals surface area contributed by atoms with Gasteiger partial charge in [-0.05, 0) is 24.4 Å². The third-order valence-corrected chi connectivity index (χ3v) is 5.70. The van der Waals surface area contributed by atoms with E-state index in [0.29, 0.717) is 10.8 Å². The van der Waals surface area contributed by atoms with Crippen molar-refractivity contribution in [3.8, 4) is 22.9 Å². The molecule has 2 atom stereocenters. The minimum Gasteiger partial charge on any atom is -0.497 e. The molecule has 1 unspecified atom stereocenters. The number of hydrogen-bond acceptors (Lipinski definition) is 4. The average Bonchev–Trinajstić information content (AvgIpc) is 3.35. The molecule has 7 heteroatoms. The molecule has 1 aliphatic heterocycles. The van der Waals surface area contributed by atoms with Crippen LogP contribution in [0.5, 0.6) is 11.5 Å². The van der Waals surface area contributed by atoms with Crippen molar-refractivity contribution in [3.05, 3.63) is 58.9 Å². The Morgan fingerprint density at radius 2 is 2.00 bits per heavy atom. The van der Waals surface area contributed by atoms with E-state index in [1.165, 1.54) is 16.9 Å². The number of likely N-dealkylation sites (tertiary alicyclic amines) is 1. The summed E-state index contributed by atoms with van der Waals surface area (Å²) in [5.41, 5.74) is 2.25. The van der Waals surface area contributed by atoms with E-state index in [0.717, 1.165) is 42.5 Å². The molecular formula is C21H25N4O2S+. The fourth-order valence-corrected chi connectivity index (χ4v) is 4.18. The number of nitrogens with zero attached hydrogens (tertiary/aromatic N) is 2. The van der Waals surface area contributed by atoms with Gasteiger partial charge in [0.15, 0.2) is 12.5 Å². The molecule has 6 nitrogen and oxygen atoms in total. The van der Waals surface area contributed by atoms with E-state index in [1.807, 2.05) is 47.1 Å². The van der Waals surface area contributed by atoms with E-state index in [4.69, 9.17) is 21.7 Å². The zero-order valence-electron chi connectivity index (χ0n) is 16.1. The largest absolute Gasteiger partial charge is 0.497 e. The predicted octanol–water partition coefficient (Wildman–Crippen LogP) is 3.00. The van der Waals surface area contributed by atoms with E-state index in [1.54, 1.807) is 14.2 Å². The Bertz CT molecular complexity index is 999. The Labute approximate surface area is 169 Å². The van der Waals surface area contributed by atoms with Crippen molar-refractivity contribution < 1.29 is 14.4 Å². The Balaban J connectivity index is 1.59. The molecule has 2 heterocycles. The molecule has 0 radical (unpaired) electrons. The van der Waals surface area contributed by atoms with Gasteiger partial charge in [0.05, 0.1) is 26.3 Å². The molecule has 1 saturated heterocycles. The van der Waals surface area contributed by atoms with Crippen LogP contribution in [0.15, 0.2) is 48.5 Å². The van der Waals surface area contributed by atoms with Crippen molar-refractivity contribution in [1.29, 1.82) is 0 Å². The highest BCUT2D eigenvalue weighted by atomic mass is 32.1. The summed E-state index contributed by atoms with van der Waals surface area (Å²) >= 11 is 5.51. The van der Waals surface area contributed by atoms with Crippen molar-refractivity contribution in [3.63, 3.8) is 0 Å². The zero-order valence-corrected chi connectivity index (χ0v) is 17.0. The summed E-state index contributed by atoms with van der Waals surface area (Å²) in [5, 5.41) is 3.37. The molecule has 1 fully saturated rings. The average molecular weight is 398 g/mol. The third-order valence-electron chi connectivity index (χ3n) is 5.39. The first-order chi connectivity index (χ1) is 13.7. The summed E-state index contributed by atoms with van der Waals surface area (Å²) in [6.07, 6.45) is 2.28. The van der Waals surface area contributed by atoms with Crippen molar-refractivity contribution in [2.45, 2.75) is 25.6 Å². The summed E-state index contributed by atoms with van der Waals surface area (Å²) in [5.74, 6) is 2.49. The molecule has 3 aromatic rings. The number of methoxy groups -OCH3 is 2. The fraction of sp³-hybridized carbons (Fsp3) is 0.333. The molecular weight excluding hydrogens is 372 g/mol. The highest BCUT2D eigenvalue weighted by Crippen LogP contribution is 2.31. The van der Waals surface area contributed by atoms with Crippen molar-refractivity contribution >= 4 is 12.2 Å². The summed E-state index contributed by atoms with van der Waals surface area (Å²) < 4.78 is 13.5. The first-order valence-electron chi connectivity index (χ1n) is 9.48. The lowest BCUT2D eigenvalue weighted by atomic mass is 10.0. The van der Waals surface area contributed by atoms with Crippen LogP contribution in [0.25, 0.3) is 11.4 Å². The van der Waals surface area contributed by atoms with Crippen LogP contribution in [0, 0.1) is 4.77 Å². The lowest BCUT2D eigenvalue weighted by molar-refractivity contribution is -0.941. The number of benzene rings is 2. The third kappa shape index (κ3) is 3.68. The zero-order chi connectivity index (χ0) is 19.5. The minimum absolute atomic E-state index is 0.353. The van der Waals surface area contributed by atoms with E-state index in [-0.39, 0.29) is 0 Å². The second-order valence-electron chi connectivity index (χ2n) is 7.02. The van der Waals surface area contributed by atoms with Gasteiger partial charge in [-0.15, -0.1) is 0 Å². The second-order valence-corrected chi connectivity index (χ2v) is 7.38. The van der Waals surface area contributed by atoms with Gasteiger partial charge in [-0.1, -0.05) is 30.3 Å². The lowest BCUT2D eigenvalue weighted by Gasteiger charge is -2.23. The topological polar surface area (TPSA) is 56.5 Å². The highest BCUT2D eigenvalue weighted by Gasteiger charge is 2.33. The van der Waals surface area contributed by atoms with E-state index in [2.05, 4.69) is 16.1 Å². The first-order valence-corrected chi connectivity index (χ1v) is 9.89. The molecule has 146 valence electrons. The maximum Gasteiger partial charge on any atom is 0.221 e. The fourth-order valence-electron chi connectivity index (χ4n) is 3.97. The Hall–Kier alpha value is -2.64. The monoisotopic (exact) mass is 397 g/mol. The van der Waals surface area contributed by atoms with Gasteiger partial charge in [-0.3, -0.25) is 5.10 Å². The molecule has 4 rings (SSSR count). The van der Waals surface area contributed by atoms with Crippen LogP contribution in [-0.2, 0) is 6.67 Å². The van der Waals surface area contributed by atoms with Crippen LogP contribution in [0.3, 0.4) is 0 Å². The minimum atomic E-state index is 0.353. The van der Waals surface area contributed by atoms with Crippen molar-refractivity contribution in [1.82, 2.24) is 14.8 Å². The van der Waals surface area contributed by atoms with Crippen LogP contribution in [0.1, 0.15) is 24.4 Å². The molecule has 2 aromatic carbocycles. The highest BCUT2D eigenvalue weighted by molar-refractivity contribution is 7.71. The van der Waals surface area contributed by atoms with Crippen LogP contribution in [0.4, 0.5) is 0 Å². The standard InChI is InChI=1S/C21H24N4O2S/c1-26-16-10-11-17(19(13-16)27-2)18-9-6-12-24(18)14-25-21(28)22-20(23-25)15-7-4-3-5-8-15/h3-5,7-8,10-11,13,18H,6,9,12,14H2,1-2H3,(H,22,23,28)/p+1/t18-/m1/s1. The SMILES string of the molecule is COc1ccc([C@H]2CCC[NH+]2Cn2[nH]c(-c3ccccc3)nc2=S)c(OC)c1. The molecule has 1 aromatic heterocycles. The van der Waals surface area contributed by atoms with Crippen LogP contribution < -0.4 is 14.4 Å². The number of nitrogens with one attached hydrogen (secondary N) is 2. The quantitative estimate of drug-likeness (QED) is 0.628. The molecule has 0 aliphatic carbocycles. The number of ether oxygens (including phenoxy) is 2. The van der Waals surface area contributed by atoms with E-state index in [9.17, 15) is 0 Å². The van der Waals surface area contributed by atoms with Gasteiger partial charge < -0.3 is 14.4 Å². The molecule has 2 N–H and O–H groups in total. The second kappa shape index (κ2) is 8.16. The Kier molecular flexibility index (Phi) is 5.45. The number of hydrogen-bond donors (Lipinski definition) is 2. The van der Waals surface area contributed by atoms with Crippen LogP contribution in [-0.4, -0.2) is 35.5 Å². The molecule has 1 aliphatic rings. The smallest absolute Gasteiger partial charge is 0.221 e. The number of rotatable bonds is 6. The summed E-state index contributed by atoms with van der Waals surface area (Å²) in [4.78, 5) is 5.99. The summed E-state index contributed by atoms with van der Waals surface area (Å²) in [7, 11) is 3.38. The van der Waals surface area contributed by atoms with Crippen molar-refractivity contribution in [2.24, 2.45) is 0 Å². The van der Waals surface area contributed by atoms with Gasteiger partial charge in [0.25, 0.3) is 0 Å². The van der Waals surface area contributed by atoms with Gasteiger partial charge in [-0.25, -0.2) is 4.68 Å². The van der Waals surface area contributed by atoms with Crippen LogP contribution in [0.2, 0.25) is 0 Å². The number of H-pyrrole nitrogens is 1. The van der Waals surface area contributed by atoms with Gasteiger partial charge in [-0.2, -0.15) is 4.98 Å². The maximum absolute atomic E-state index is 5.64. The van der Waals surface area contributed by atoms with E-state index < -0.39 is 0 Å². The Morgan fingerprint density at radius 1 is 1.18 bits per heavy atom. The van der Waals surface area contributed by atoms with Crippen molar-refractivity contribution in [2.75, 3.05) is 20.8 Å². The molecule has 0 bridgehead atoms. The van der Waals surface area contributed by atoms with Gasteiger partial charge >= 0.3 is 0 Å². The molecule has 0 saturated carbocycles.